The summed E-state index contributed by atoms with van der Waals surface area (Å²) in [5.74, 6) is -1.72. The van der Waals surface area contributed by atoms with E-state index in [4.69, 9.17) is 4.99 Å². The summed E-state index contributed by atoms with van der Waals surface area (Å²) in [5.41, 5.74) is 2.92. The zero-order valence-electron chi connectivity index (χ0n) is 21.3. The first-order valence-electron chi connectivity index (χ1n) is 12.2. The number of phenols is 1. The summed E-state index contributed by atoms with van der Waals surface area (Å²) in [4.78, 5) is 18.9. The van der Waals surface area contributed by atoms with Gasteiger partial charge in [0.15, 0.2) is 5.88 Å². The van der Waals surface area contributed by atoms with Crippen LogP contribution in [0.1, 0.15) is 38.2 Å². The molecule has 0 saturated carbocycles. The summed E-state index contributed by atoms with van der Waals surface area (Å²) in [6, 6.07) is 19.5. The van der Waals surface area contributed by atoms with Crippen molar-refractivity contribution < 1.29 is 33.3 Å². The summed E-state index contributed by atoms with van der Waals surface area (Å²) in [6.07, 6.45) is -4.57. The fourth-order valence-corrected chi connectivity index (χ4v) is 4.65. The second-order valence-corrected chi connectivity index (χ2v) is 9.37. The van der Waals surface area contributed by atoms with Crippen LogP contribution < -0.4 is 0 Å². The molecule has 202 valence electrons. The number of nitrogens with one attached hydrogen (secondary N) is 1. The Bertz CT molecular complexity index is 1820. The number of phenolic OH excluding ortho intramolecular Hbond substituents is 1. The predicted molar refractivity (Wildman–Crippen MR) is 147 cm³/mol. The van der Waals surface area contributed by atoms with Gasteiger partial charge in [-0.2, -0.15) is 13.2 Å². The molecular formula is C31H23F3N2O4. The minimum absolute atomic E-state index is 0.0452. The molecule has 0 unspecified atom stereocenters. The number of aryl methyl sites for hydroxylation is 1. The number of aromatic carboxylic acids is 1. The summed E-state index contributed by atoms with van der Waals surface area (Å²) in [6.45, 7) is 3.76. The zero-order chi connectivity index (χ0) is 28.8. The average molecular weight is 545 g/mol. The van der Waals surface area contributed by atoms with Gasteiger partial charge in [-0.25, -0.2) is 9.79 Å². The van der Waals surface area contributed by atoms with Gasteiger partial charge in [-0.1, -0.05) is 48.5 Å². The number of hydrogen-bond acceptors (Lipinski definition) is 4. The van der Waals surface area contributed by atoms with E-state index >= 15 is 0 Å². The van der Waals surface area contributed by atoms with Gasteiger partial charge in [0.25, 0.3) is 0 Å². The molecular weight excluding hydrogens is 521 g/mol. The minimum atomic E-state index is -4.57. The van der Waals surface area contributed by atoms with Gasteiger partial charge in [0, 0.05) is 22.0 Å². The molecule has 0 bridgehead atoms. The number of H-pyrrole nitrogens is 1. The van der Waals surface area contributed by atoms with Crippen LogP contribution in [0.25, 0.3) is 22.0 Å². The first kappa shape index (κ1) is 26.6. The zero-order valence-corrected chi connectivity index (χ0v) is 21.3. The Hall–Kier alpha value is -5.05. The van der Waals surface area contributed by atoms with Crippen molar-refractivity contribution in [3.05, 3.63) is 112 Å². The molecule has 0 saturated heterocycles. The Balaban J connectivity index is 1.76. The van der Waals surface area contributed by atoms with Crippen LogP contribution in [0.5, 0.6) is 11.6 Å². The Labute approximate surface area is 226 Å². The average Bonchev–Trinajstić information content (AvgIpc) is 3.24. The van der Waals surface area contributed by atoms with E-state index in [9.17, 15) is 33.3 Å². The lowest BCUT2D eigenvalue weighted by Crippen LogP contribution is -2.07. The SMILES string of the molecule is Cc1cccc(C(=Nc2cccc(-c3cccc(C(=O)O)c3)c2O)c2c(O)[nH]c3cc(C(F)(F)F)ccc23)c1C. The largest absolute Gasteiger partial charge is 0.505 e. The number of aromatic nitrogens is 1. The van der Waals surface area contributed by atoms with E-state index in [1.807, 2.05) is 19.9 Å². The number of hydrogen-bond donors (Lipinski definition) is 4. The van der Waals surface area contributed by atoms with Crippen molar-refractivity contribution in [3.8, 4) is 22.8 Å². The van der Waals surface area contributed by atoms with E-state index in [1.165, 1.54) is 18.2 Å². The van der Waals surface area contributed by atoms with Crippen LogP contribution in [0.2, 0.25) is 0 Å². The number of carbonyl (C=O) groups is 1. The fourth-order valence-electron chi connectivity index (χ4n) is 4.65. The molecule has 5 rings (SSSR count). The van der Waals surface area contributed by atoms with Gasteiger partial charge < -0.3 is 20.3 Å². The van der Waals surface area contributed by atoms with Crippen molar-refractivity contribution in [2.24, 2.45) is 4.99 Å². The molecule has 6 nitrogen and oxygen atoms in total. The number of fused-ring (bicyclic) bond motifs is 1. The summed E-state index contributed by atoms with van der Waals surface area (Å²) >= 11 is 0. The van der Waals surface area contributed by atoms with E-state index in [0.29, 0.717) is 22.1 Å². The molecule has 0 atom stereocenters. The molecule has 0 aliphatic carbocycles. The fraction of sp³-hybridized carbons (Fsp3) is 0.0968. The lowest BCUT2D eigenvalue weighted by molar-refractivity contribution is -0.137. The standard InChI is InChI=1S/C31H23F3N2O4/c1-16-6-3-9-21(17(16)2)27(26-23-13-12-20(31(32,33)34)15-25(23)36-29(26)38)35-24-11-5-10-22(28(24)37)18-7-4-8-19(14-18)30(39)40/h3-15,36-38H,1-2H3,(H,39,40). The molecule has 0 spiro atoms. The van der Waals surface area contributed by atoms with Crippen molar-refractivity contribution in [1.29, 1.82) is 0 Å². The third-order valence-corrected chi connectivity index (χ3v) is 6.87. The topological polar surface area (TPSA) is 106 Å². The highest BCUT2D eigenvalue weighted by molar-refractivity contribution is 6.22. The molecule has 1 heterocycles. The van der Waals surface area contributed by atoms with Crippen molar-refractivity contribution in [1.82, 2.24) is 4.98 Å². The highest BCUT2D eigenvalue weighted by atomic mass is 19.4. The van der Waals surface area contributed by atoms with Gasteiger partial charge in [0.2, 0.25) is 0 Å². The van der Waals surface area contributed by atoms with Gasteiger partial charge >= 0.3 is 12.1 Å². The molecule has 0 aliphatic heterocycles. The van der Waals surface area contributed by atoms with Crippen LogP contribution in [0.3, 0.4) is 0 Å². The maximum Gasteiger partial charge on any atom is 0.416 e. The molecule has 40 heavy (non-hydrogen) atoms. The normalized spacial score (nSPS) is 12.2. The molecule has 4 aromatic carbocycles. The van der Waals surface area contributed by atoms with Gasteiger partial charge in [0.1, 0.15) is 11.4 Å². The monoisotopic (exact) mass is 544 g/mol. The number of aromatic hydroxyl groups is 2. The second-order valence-electron chi connectivity index (χ2n) is 9.37. The Morgan fingerprint density at radius 1 is 0.900 bits per heavy atom. The quantitative estimate of drug-likeness (QED) is 0.170. The van der Waals surface area contributed by atoms with Gasteiger partial charge in [-0.05, 0) is 60.9 Å². The third-order valence-electron chi connectivity index (χ3n) is 6.87. The maximum atomic E-state index is 13.4. The number of rotatable bonds is 5. The molecule has 0 radical (unpaired) electrons. The Morgan fingerprint density at radius 2 is 1.62 bits per heavy atom. The number of carboxylic acid groups (broad SMARTS) is 1. The smallest absolute Gasteiger partial charge is 0.416 e. The van der Waals surface area contributed by atoms with Gasteiger partial charge in [-0.15, -0.1) is 0 Å². The first-order valence-corrected chi connectivity index (χ1v) is 12.2. The number of halogens is 3. The Kier molecular flexibility index (Phi) is 6.59. The number of benzene rings is 4. The maximum absolute atomic E-state index is 13.4. The van der Waals surface area contributed by atoms with Crippen LogP contribution >= 0.6 is 0 Å². The number of nitrogens with zero attached hydrogens (tertiary/aromatic N) is 1. The minimum Gasteiger partial charge on any atom is -0.505 e. The van der Waals surface area contributed by atoms with Crippen LogP contribution in [0.15, 0.2) is 83.9 Å². The van der Waals surface area contributed by atoms with Crippen LogP contribution in [0, 0.1) is 13.8 Å². The number of para-hydroxylation sites is 1. The number of aromatic amines is 1. The number of carboxylic acids is 1. The molecule has 5 aromatic rings. The van der Waals surface area contributed by atoms with E-state index in [1.54, 1.807) is 42.5 Å². The molecule has 0 fully saturated rings. The van der Waals surface area contributed by atoms with E-state index in [0.717, 1.165) is 23.3 Å². The molecule has 0 amide bonds. The third kappa shape index (κ3) is 4.77. The van der Waals surface area contributed by atoms with Crippen molar-refractivity contribution in [2.75, 3.05) is 0 Å². The molecule has 9 heteroatoms. The van der Waals surface area contributed by atoms with Crippen molar-refractivity contribution >= 4 is 28.3 Å². The van der Waals surface area contributed by atoms with Crippen LogP contribution in [0.4, 0.5) is 18.9 Å². The Morgan fingerprint density at radius 3 is 2.35 bits per heavy atom. The molecule has 0 aliphatic rings. The number of alkyl halides is 3. The molecule has 1 aromatic heterocycles. The summed E-state index contributed by atoms with van der Waals surface area (Å²) < 4.78 is 40.1. The van der Waals surface area contributed by atoms with E-state index in [2.05, 4.69) is 4.98 Å². The lowest BCUT2D eigenvalue weighted by Gasteiger charge is -2.14. The van der Waals surface area contributed by atoms with Gasteiger partial charge in [0.05, 0.1) is 22.4 Å². The highest BCUT2D eigenvalue weighted by Crippen LogP contribution is 2.40. The van der Waals surface area contributed by atoms with Crippen LogP contribution in [-0.2, 0) is 6.18 Å². The highest BCUT2D eigenvalue weighted by Gasteiger charge is 2.31. The summed E-state index contributed by atoms with van der Waals surface area (Å²) in [5, 5.41) is 31.9. The van der Waals surface area contributed by atoms with Gasteiger partial charge in [-0.3, -0.25) is 0 Å². The predicted octanol–water partition coefficient (Wildman–Crippen LogP) is 7.75. The van der Waals surface area contributed by atoms with Crippen molar-refractivity contribution in [2.45, 2.75) is 20.0 Å². The van der Waals surface area contributed by atoms with Crippen LogP contribution in [-0.4, -0.2) is 32.0 Å². The summed E-state index contributed by atoms with van der Waals surface area (Å²) in [7, 11) is 0. The van der Waals surface area contributed by atoms with E-state index < -0.39 is 17.7 Å². The van der Waals surface area contributed by atoms with Crippen molar-refractivity contribution in [3.63, 3.8) is 0 Å². The second kappa shape index (κ2) is 9.92. The number of aliphatic imine (C=N–C) groups is 1. The molecule has 4 N–H and O–H groups in total. The first-order chi connectivity index (χ1) is 19.0. The van der Waals surface area contributed by atoms with E-state index in [-0.39, 0.29) is 39.7 Å². The lowest BCUT2D eigenvalue weighted by atomic mass is 9.94.